The monoisotopic (exact) mass is 164 g/mol. The standard InChI is InChI=1S/Ca.ClHO2Si.Mg.4H/c;1-4(2)3;;;;;/h;2H;;;;;. The number of rotatable bonds is 0. The Hall–Kier alpha value is 2.13. The first-order chi connectivity index (χ1) is 1.73. The average molecular weight is 165 g/mol. The molecule has 0 atom stereocenters. The van der Waals surface area contributed by atoms with Crippen molar-refractivity contribution in [3.05, 3.63) is 0 Å². The van der Waals surface area contributed by atoms with Crippen LogP contribution in [-0.2, 0) is 4.46 Å². The Labute approximate surface area is 87.9 Å². The smallest absolute Gasteiger partial charge is 0.316 e. The van der Waals surface area contributed by atoms with Gasteiger partial charge in [0.2, 0.25) is 0 Å². The molecule has 0 heterocycles. The van der Waals surface area contributed by atoms with Crippen molar-refractivity contribution in [1.29, 1.82) is 0 Å². The summed E-state index contributed by atoms with van der Waals surface area (Å²) in [5, 5.41) is 0. The fraction of sp³-hybridized carbons (Fsp3) is 0. The SMILES string of the molecule is O=[Si](O)Cl.[CaH2].[MgH2]. The Morgan fingerprint density at radius 3 is 1.67 bits per heavy atom. The molecule has 0 amide bonds. The second-order valence-electron chi connectivity index (χ2n) is 0.253. The second-order valence-corrected chi connectivity index (χ2v) is 1.73. The molecule has 0 aliphatic heterocycles. The van der Waals surface area contributed by atoms with Crippen molar-refractivity contribution >= 4 is 80.1 Å². The zero-order chi connectivity index (χ0) is 3.58. The van der Waals surface area contributed by atoms with Gasteiger partial charge in [-0.1, -0.05) is 0 Å². The summed E-state index contributed by atoms with van der Waals surface area (Å²) in [6.07, 6.45) is 0. The summed E-state index contributed by atoms with van der Waals surface area (Å²) in [4.78, 5) is 7.37. The van der Waals surface area contributed by atoms with Gasteiger partial charge in [0.25, 0.3) is 0 Å². The summed E-state index contributed by atoms with van der Waals surface area (Å²) in [5.41, 5.74) is 0. The van der Waals surface area contributed by atoms with Crippen LogP contribution in [-0.4, -0.2) is 73.8 Å². The van der Waals surface area contributed by atoms with E-state index >= 15 is 0 Å². The molecule has 32 valence electrons. The van der Waals surface area contributed by atoms with Gasteiger partial charge in [0.15, 0.2) is 0 Å². The molecule has 0 aromatic carbocycles. The van der Waals surface area contributed by atoms with Crippen molar-refractivity contribution in [2.75, 3.05) is 0 Å². The van der Waals surface area contributed by atoms with Crippen molar-refractivity contribution in [3.8, 4) is 0 Å². The summed E-state index contributed by atoms with van der Waals surface area (Å²) in [7, 11) is -2.66. The molecule has 6 heteroatoms. The molecule has 0 saturated carbocycles. The van der Waals surface area contributed by atoms with Crippen molar-refractivity contribution in [3.63, 3.8) is 0 Å². The predicted molar refractivity (Wildman–Crippen MR) is 31.6 cm³/mol. The first kappa shape index (κ1) is 15.7. The third-order valence-electron chi connectivity index (χ3n) is 0. The molecular formula is H5CaClMgO2Si. The van der Waals surface area contributed by atoms with E-state index in [0.717, 1.165) is 0 Å². The zero-order valence-electron chi connectivity index (χ0n) is 1.73. The third-order valence-corrected chi connectivity index (χ3v) is 0. The van der Waals surface area contributed by atoms with Crippen LogP contribution in [0.1, 0.15) is 0 Å². The predicted octanol–water partition coefficient (Wildman–Crippen LogP) is -2.20. The Balaban J connectivity index is -0.0000000450. The molecule has 0 rings (SSSR count). The Bertz CT molecular complexity index is 36.5. The van der Waals surface area contributed by atoms with E-state index < -0.39 is 8.24 Å². The number of halogens is 1. The first-order valence-corrected chi connectivity index (χ1v) is 2.98. The molecule has 0 aliphatic carbocycles. The maximum Gasteiger partial charge on any atom is 0.316 e. The Morgan fingerprint density at radius 1 is 1.67 bits per heavy atom. The van der Waals surface area contributed by atoms with Gasteiger partial charge in [-0.05, 0) is 11.1 Å². The van der Waals surface area contributed by atoms with Gasteiger partial charge in [0.1, 0.15) is 0 Å². The van der Waals surface area contributed by atoms with Crippen LogP contribution in [0.4, 0.5) is 0 Å². The molecule has 0 unspecified atom stereocenters. The van der Waals surface area contributed by atoms with Crippen LogP contribution < -0.4 is 0 Å². The van der Waals surface area contributed by atoms with E-state index in [4.69, 9.17) is 9.26 Å². The van der Waals surface area contributed by atoms with Crippen LogP contribution >= 0.6 is 11.1 Å². The topological polar surface area (TPSA) is 37.3 Å². The number of hydrogen-bond acceptors (Lipinski definition) is 1. The van der Waals surface area contributed by atoms with Gasteiger partial charge in [0, 0.05) is 0 Å². The summed E-state index contributed by atoms with van der Waals surface area (Å²) < 4.78 is 8.95. The van der Waals surface area contributed by atoms with E-state index in [1.165, 1.54) is 0 Å². The molecule has 2 nitrogen and oxygen atoms in total. The van der Waals surface area contributed by atoms with E-state index in [2.05, 4.69) is 11.1 Å². The molecular weight excluding hydrogens is 160 g/mol. The maximum atomic E-state index is 8.95. The maximum absolute atomic E-state index is 8.95. The summed E-state index contributed by atoms with van der Waals surface area (Å²) in [5.74, 6) is 0. The van der Waals surface area contributed by atoms with Crippen LogP contribution in [0.15, 0.2) is 0 Å². The number of hydrogen-bond donors (Lipinski definition) is 1. The normalized spacial score (nSPS) is 4.17. The second kappa shape index (κ2) is 10.2. The first-order valence-electron chi connectivity index (χ1n) is 0.617. The van der Waals surface area contributed by atoms with Crippen LogP contribution in [0, 0.1) is 0 Å². The Morgan fingerprint density at radius 2 is 1.67 bits per heavy atom. The van der Waals surface area contributed by atoms with Gasteiger partial charge in [-0.3, -0.25) is 0 Å². The zero-order valence-corrected chi connectivity index (χ0v) is 3.49. The van der Waals surface area contributed by atoms with Gasteiger partial charge in [0.05, 0.1) is 0 Å². The van der Waals surface area contributed by atoms with Crippen LogP contribution in [0.25, 0.3) is 0 Å². The minimum Gasteiger partial charge on any atom is 0.316 e. The van der Waals surface area contributed by atoms with E-state index in [-0.39, 0.29) is 60.8 Å². The quantitative estimate of drug-likeness (QED) is 0.326. The molecule has 0 aromatic rings. The van der Waals surface area contributed by atoms with Gasteiger partial charge in [-0.2, -0.15) is 0 Å². The molecule has 0 bridgehead atoms. The molecule has 1 N–H and O–H groups in total. The molecule has 6 heavy (non-hydrogen) atoms. The minimum absolute atomic E-state index is 0. The van der Waals surface area contributed by atoms with Crippen molar-refractivity contribution in [2.45, 2.75) is 0 Å². The van der Waals surface area contributed by atoms with Crippen LogP contribution in [0.5, 0.6) is 0 Å². The molecule has 0 radical (unpaired) electrons. The molecule has 0 fully saturated rings. The van der Waals surface area contributed by atoms with Gasteiger partial charge < -0.3 is 9.26 Å². The summed E-state index contributed by atoms with van der Waals surface area (Å²) >= 11 is 4.38. The van der Waals surface area contributed by atoms with E-state index in [1.807, 2.05) is 0 Å². The van der Waals surface area contributed by atoms with Crippen molar-refractivity contribution in [1.82, 2.24) is 0 Å². The molecule has 0 aliphatic rings. The van der Waals surface area contributed by atoms with E-state index in [9.17, 15) is 0 Å². The van der Waals surface area contributed by atoms with Gasteiger partial charge >= 0.3 is 69.0 Å². The molecule has 0 saturated heterocycles. The van der Waals surface area contributed by atoms with E-state index in [1.54, 1.807) is 0 Å². The summed E-state index contributed by atoms with van der Waals surface area (Å²) in [6.45, 7) is 0. The van der Waals surface area contributed by atoms with Gasteiger partial charge in [-0.15, -0.1) is 0 Å². The Kier molecular flexibility index (Phi) is 26.7. The van der Waals surface area contributed by atoms with Crippen LogP contribution in [0.3, 0.4) is 0 Å². The van der Waals surface area contributed by atoms with Crippen molar-refractivity contribution in [2.24, 2.45) is 0 Å². The van der Waals surface area contributed by atoms with E-state index in [0.29, 0.717) is 0 Å². The summed E-state index contributed by atoms with van der Waals surface area (Å²) in [6, 6.07) is 0. The fourth-order valence-corrected chi connectivity index (χ4v) is 0. The third kappa shape index (κ3) is 35.5. The van der Waals surface area contributed by atoms with Crippen LogP contribution in [0.2, 0.25) is 0 Å². The molecule has 0 spiro atoms. The van der Waals surface area contributed by atoms with Crippen molar-refractivity contribution < 1.29 is 9.26 Å². The molecule has 0 aromatic heterocycles. The fourth-order valence-electron chi connectivity index (χ4n) is 0. The minimum atomic E-state index is -2.66. The largest absolute Gasteiger partial charge is 0.316 e. The average Bonchev–Trinajstić information content (AvgIpc) is 0.811. The van der Waals surface area contributed by atoms with Gasteiger partial charge in [-0.25, -0.2) is 0 Å².